The van der Waals surface area contributed by atoms with Crippen molar-refractivity contribution in [2.24, 2.45) is 0 Å². The van der Waals surface area contributed by atoms with Crippen LogP contribution < -0.4 is 14.8 Å². The van der Waals surface area contributed by atoms with Gasteiger partial charge in [-0.3, -0.25) is 0 Å². The Hall–Kier alpha value is -2.97. The number of halogens is 1. The van der Waals surface area contributed by atoms with Crippen molar-refractivity contribution < 1.29 is 9.47 Å². The predicted molar refractivity (Wildman–Crippen MR) is 94.3 cm³/mol. The van der Waals surface area contributed by atoms with E-state index in [0.29, 0.717) is 33.6 Å². The van der Waals surface area contributed by atoms with E-state index in [1.54, 1.807) is 32.4 Å². The van der Waals surface area contributed by atoms with E-state index in [4.69, 9.17) is 21.1 Å². The third-order valence-electron chi connectivity index (χ3n) is 3.56. The molecule has 3 aromatic rings. The standard InChI is InChI=1S/C18H14ClN3O2/c1-23-14-5-3-11-7-12(10-20)18(22-16(11)9-14)21-13-4-6-17(24-2)15(19)8-13/h3-9H,1-2H3,(H,21,22). The SMILES string of the molecule is COc1ccc2cc(C#N)c(Nc3ccc(OC)c(Cl)c3)nc2c1. The van der Waals surface area contributed by atoms with Crippen LogP contribution in [0.4, 0.5) is 11.5 Å². The van der Waals surface area contributed by atoms with Crippen molar-refractivity contribution in [1.29, 1.82) is 5.26 Å². The number of nitrogens with zero attached hydrogens (tertiary/aromatic N) is 2. The monoisotopic (exact) mass is 339 g/mol. The van der Waals surface area contributed by atoms with E-state index >= 15 is 0 Å². The molecule has 1 heterocycles. The van der Waals surface area contributed by atoms with E-state index in [1.807, 2.05) is 24.3 Å². The number of ether oxygens (including phenoxy) is 2. The second-order valence-electron chi connectivity index (χ2n) is 5.03. The number of methoxy groups -OCH3 is 2. The lowest BCUT2D eigenvalue weighted by Gasteiger charge is -2.11. The quantitative estimate of drug-likeness (QED) is 0.756. The molecule has 0 radical (unpaired) electrons. The van der Waals surface area contributed by atoms with Crippen LogP contribution in [-0.2, 0) is 0 Å². The maximum absolute atomic E-state index is 9.39. The fourth-order valence-corrected chi connectivity index (χ4v) is 2.59. The van der Waals surface area contributed by atoms with Crippen molar-refractivity contribution in [2.45, 2.75) is 0 Å². The molecule has 6 heteroatoms. The first-order valence-electron chi connectivity index (χ1n) is 7.14. The summed E-state index contributed by atoms with van der Waals surface area (Å²) in [5.41, 5.74) is 1.89. The average molecular weight is 340 g/mol. The molecule has 120 valence electrons. The van der Waals surface area contributed by atoms with Crippen LogP contribution in [0, 0.1) is 11.3 Å². The first kappa shape index (κ1) is 15.9. The summed E-state index contributed by atoms with van der Waals surface area (Å²) in [6.45, 7) is 0. The lowest BCUT2D eigenvalue weighted by atomic mass is 10.1. The van der Waals surface area contributed by atoms with Gasteiger partial charge in [0.2, 0.25) is 0 Å². The van der Waals surface area contributed by atoms with Crippen molar-refractivity contribution in [3.8, 4) is 17.6 Å². The molecule has 0 atom stereocenters. The molecule has 2 aromatic carbocycles. The second kappa shape index (κ2) is 6.65. The second-order valence-corrected chi connectivity index (χ2v) is 5.44. The first-order chi connectivity index (χ1) is 11.6. The summed E-state index contributed by atoms with van der Waals surface area (Å²) in [4.78, 5) is 4.53. The number of benzene rings is 2. The van der Waals surface area contributed by atoms with Gasteiger partial charge in [0, 0.05) is 17.1 Å². The van der Waals surface area contributed by atoms with Gasteiger partial charge < -0.3 is 14.8 Å². The van der Waals surface area contributed by atoms with Crippen LogP contribution in [0.1, 0.15) is 5.56 Å². The Labute approximate surface area is 144 Å². The van der Waals surface area contributed by atoms with Gasteiger partial charge in [-0.15, -0.1) is 0 Å². The molecule has 0 aliphatic carbocycles. The van der Waals surface area contributed by atoms with Crippen molar-refractivity contribution >= 4 is 34.0 Å². The number of anilines is 2. The van der Waals surface area contributed by atoms with Crippen molar-refractivity contribution in [1.82, 2.24) is 4.98 Å². The molecule has 0 saturated heterocycles. The smallest absolute Gasteiger partial charge is 0.149 e. The average Bonchev–Trinajstić information content (AvgIpc) is 2.60. The highest BCUT2D eigenvalue weighted by atomic mass is 35.5. The van der Waals surface area contributed by atoms with E-state index in [2.05, 4.69) is 16.4 Å². The van der Waals surface area contributed by atoms with Crippen LogP contribution in [0.2, 0.25) is 5.02 Å². The maximum atomic E-state index is 9.39. The molecule has 0 spiro atoms. The normalized spacial score (nSPS) is 10.2. The minimum atomic E-state index is 0.444. The van der Waals surface area contributed by atoms with E-state index in [1.165, 1.54) is 0 Å². The fourth-order valence-electron chi connectivity index (χ4n) is 2.34. The van der Waals surface area contributed by atoms with E-state index in [0.717, 1.165) is 10.9 Å². The summed E-state index contributed by atoms with van der Waals surface area (Å²) in [5, 5.41) is 13.9. The van der Waals surface area contributed by atoms with Crippen LogP contribution in [0.5, 0.6) is 11.5 Å². The van der Waals surface area contributed by atoms with Gasteiger partial charge in [0.15, 0.2) is 0 Å². The zero-order valence-corrected chi connectivity index (χ0v) is 13.9. The topological polar surface area (TPSA) is 67.2 Å². The molecule has 1 N–H and O–H groups in total. The maximum Gasteiger partial charge on any atom is 0.149 e. The molecule has 0 aliphatic heterocycles. The molecule has 1 aromatic heterocycles. The summed E-state index contributed by atoms with van der Waals surface area (Å²) in [5.74, 6) is 1.75. The summed E-state index contributed by atoms with van der Waals surface area (Å²) >= 11 is 6.14. The molecular weight excluding hydrogens is 326 g/mol. The van der Waals surface area contributed by atoms with Crippen molar-refractivity contribution in [3.63, 3.8) is 0 Å². The van der Waals surface area contributed by atoms with Crippen molar-refractivity contribution in [2.75, 3.05) is 19.5 Å². The number of aromatic nitrogens is 1. The number of fused-ring (bicyclic) bond motifs is 1. The third-order valence-corrected chi connectivity index (χ3v) is 3.86. The largest absolute Gasteiger partial charge is 0.497 e. The molecule has 0 unspecified atom stereocenters. The van der Waals surface area contributed by atoms with E-state index in [9.17, 15) is 5.26 Å². The highest BCUT2D eigenvalue weighted by Crippen LogP contribution is 2.30. The zero-order chi connectivity index (χ0) is 17.1. The van der Waals surface area contributed by atoms with Gasteiger partial charge in [-0.05, 0) is 36.4 Å². The molecule has 0 bridgehead atoms. The molecular formula is C18H14ClN3O2. The number of nitrogens with one attached hydrogen (secondary N) is 1. The number of hydrogen-bond acceptors (Lipinski definition) is 5. The van der Waals surface area contributed by atoms with Gasteiger partial charge in [-0.2, -0.15) is 5.26 Å². The van der Waals surface area contributed by atoms with Crippen LogP contribution in [0.15, 0.2) is 42.5 Å². The number of nitriles is 1. The summed E-state index contributed by atoms with van der Waals surface area (Å²) in [6.07, 6.45) is 0. The number of pyridine rings is 1. The van der Waals surface area contributed by atoms with Gasteiger partial charge in [0.1, 0.15) is 23.4 Å². The Kier molecular flexibility index (Phi) is 4.41. The Bertz CT molecular complexity index is 951. The van der Waals surface area contributed by atoms with Crippen LogP contribution in [-0.4, -0.2) is 19.2 Å². The van der Waals surface area contributed by atoms with Crippen LogP contribution in [0.3, 0.4) is 0 Å². The Morgan fingerprint density at radius 2 is 1.92 bits per heavy atom. The third kappa shape index (κ3) is 3.05. The minimum absolute atomic E-state index is 0.444. The lowest BCUT2D eigenvalue weighted by molar-refractivity contribution is 0.415. The van der Waals surface area contributed by atoms with Crippen LogP contribution in [0.25, 0.3) is 10.9 Å². The zero-order valence-electron chi connectivity index (χ0n) is 13.1. The number of rotatable bonds is 4. The van der Waals surface area contributed by atoms with Gasteiger partial charge in [0.05, 0.1) is 30.3 Å². The number of hydrogen-bond donors (Lipinski definition) is 1. The summed E-state index contributed by atoms with van der Waals surface area (Å²) in [7, 11) is 3.16. The molecule has 0 saturated carbocycles. The molecule has 5 nitrogen and oxygen atoms in total. The van der Waals surface area contributed by atoms with E-state index in [-0.39, 0.29) is 0 Å². The highest BCUT2D eigenvalue weighted by molar-refractivity contribution is 6.32. The van der Waals surface area contributed by atoms with Gasteiger partial charge >= 0.3 is 0 Å². The molecule has 0 amide bonds. The Morgan fingerprint density at radius 1 is 1.08 bits per heavy atom. The highest BCUT2D eigenvalue weighted by Gasteiger charge is 2.09. The van der Waals surface area contributed by atoms with Crippen molar-refractivity contribution in [3.05, 3.63) is 53.1 Å². The Morgan fingerprint density at radius 3 is 2.58 bits per heavy atom. The molecule has 24 heavy (non-hydrogen) atoms. The molecule has 0 fully saturated rings. The first-order valence-corrected chi connectivity index (χ1v) is 7.52. The molecule has 3 rings (SSSR count). The van der Waals surface area contributed by atoms with E-state index < -0.39 is 0 Å². The Balaban J connectivity index is 2.04. The fraction of sp³-hybridized carbons (Fsp3) is 0.111. The van der Waals surface area contributed by atoms with Crippen LogP contribution >= 0.6 is 11.6 Å². The summed E-state index contributed by atoms with van der Waals surface area (Å²) < 4.78 is 10.4. The minimum Gasteiger partial charge on any atom is -0.497 e. The lowest BCUT2D eigenvalue weighted by Crippen LogP contribution is -1.98. The van der Waals surface area contributed by atoms with Gasteiger partial charge in [0.25, 0.3) is 0 Å². The van der Waals surface area contributed by atoms with Gasteiger partial charge in [-0.1, -0.05) is 11.6 Å². The summed E-state index contributed by atoms with van der Waals surface area (Å²) in [6, 6.07) is 14.8. The molecule has 0 aliphatic rings. The predicted octanol–water partition coefficient (Wildman–Crippen LogP) is 4.52. The van der Waals surface area contributed by atoms with Gasteiger partial charge in [-0.25, -0.2) is 4.98 Å².